The second-order valence-corrected chi connectivity index (χ2v) is 9.17. The Kier molecular flexibility index (Phi) is 3.85. The summed E-state index contributed by atoms with van der Waals surface area (Å²) in [6.07, 6.45) is 7.32. The fourth-order valence-electron chi connectivity index (χ4n) is 6.29. The zero-order valence-electron chi connectivity index (χ0n) is 15.2. The van der Waals surface area contributed by atoms with E-state index in [-0.39, 0.29) is 23.0 Å². The molecule has 0 aromatic heterocycles. The fourth-order valence-corrected chi connectivity index (χ4v) is 6.29. The molecule has 0 radical (unpaired) electrons. The van der Waals surface area contributed by atoms with E-state index in [1.807, 2.05) is 0 Å². The molecular formula is C20H32O3. The predicted molar refractivity (Wildman–Crippen MR) is 91.1 cm³/mol. The van der Waals surface area contributed by atoms with Gasteiger partial charge < -0.3 is 9.84 Å². The average Bonchev–Trinajstić information content (AvgIpc) is 2.50. The number of aliphatic hydroxyl groups is 1. The first-order valence-electron chi connectivity index (χ1n) is 9.11. The van der Waals surface area contributed by atoms with E-state index in [0.29, 0.717) is 24.0 Å². The quantitative estimate of drug-likeness (QED) is 0.785. The third-order valence-electron chi connectivity index (χ3n) is 7.67. The molecule has 0 spiro atoms. The molecule has 1 saturated heterocycles. The third-order valence-corrected chi connectivity index (χ3v) is 7.67. The number of carbonyl (C=O) groups excluding carboxylic acids is 1. The number of hydrogen-bond donors (Lipinski definition) is 1. The van der Waals surface area contributed by atoms with Crippen LogP contribution in [0.1, 0.15) is 66.2 Å². The molecule has 3 aliphatic rings. The van der Waals surface area contributed by atoms with Crippen LogP contribution in [0.5, 0.6) is 0 Å². The van der Waals surface area contributed by atoms with Crippen LogP contribution in [-0.2, 0) is 9.53 Å². The van der Waals surface area contributed by atoms with Crippen LogP contribution in [0.2, 0.25) is 0 Å². The fraction of sp³-hybridized carbons (Fsp3) is 0.850. The van der Waals surface area contributed by atoms with Crippen molar-refractivity contribution in [1.29, 1.82) is 0 Å². The number of aliphatic hydroxyl groups excluding tert-OH is 1. The Labute approximate surface area is 140 Å². The average molecular weight is 320 g/mol. The summed E-state index contributed by atoms with van der Waals surface area (Å²) >= 11 is 0. The van der Waals surface area contributed by atoms with Gasteiger partial charge >= 0.3 is 0 Å². The van der Waals surface area contributed by atoms with Gasteiger partial charge in [0, 0.05) is 11.8 Å². The zero-order valence-corrected chi connectivity index (χ0v) is 15.2. The van der Waals surface area contributed by atoms with Crippen LogP contribution in [0.25, 0.3) is 0 Å². The first kappa shape index (κ1) is 17.2. The van der Waals surface area contributed by atoms with Crippen molar-refractivity contribution in [1.82, 2.24) is 0 Å². The van der Waals surface area contributed by atoms with Crippen LogP contribution in [0.4, 0.5) is 0 Å². The lowest BCUT2D eigenvalue weighted by Gasteiger charge is -2.64. The first-order chi connectivity index (χ1) is 10.6. The number of fused-ring (bicyclic) bond motifs is 3. The second kappa shape index (κ2) is 5.16. The number of hydrogen-bond acceptors (Lipinski definition) is 3. The van der Waals surface area contributed by atoms with Gasteiger partial charge in [0.25, 0.3) is 0 Å². The Balaban J connectivity index is 1.96. The van der Waals surface area contributed by atoms with Gasteiger partial charge in [0.2, 0.25) is 0 Å². The molecule has 1 heterocycles. The molecule has 1 aliphatic heterocycles. The minimum atomic E-state index is -0.589. The maximum Gasteiger partial charge on any atom is 0.138 e. The van der Waals surface area contributed by atoms with Gasteiger partial charge in [-0.15, -0.1) is 6.58 Å². The number of carbonyl (C=O) groups is 1. The second-order valence-electron chi connectivity index (χ2n) is 9.17. The highest BCUT2D eigenvalue weighted by Gasteiger charge is 2.63. The summed E-state index contributed by atoms with van der Waals surface area (Å²) in [5, 5.41) is 9.82. The molecule has 0 aromatic rings. The smallest absolute Gasteiger partial charge is 0.138 e. The van der Waals surface area contributed by atoms with E-state index in [9.17, 15) is 9.90 Å². The molecule has 0 unspecified atom stereocenters. The minimum absolute atomic E-state index is 0.00291. The van der Waals surface area contributed by atoms with Crippen molar-refractivity contribution in [2.75, 3.05) is 6.61 Å². The largest absolute Gasteiger partial charge is 0.393 e. The van der Waals surface area contributed by atoms with Gasteiger partial charge in [-0.25, -0.2) is 0 Å². The van der Waals surface area contributed by atoms with Gasteiger partial charge in [0.05, 0.1) is 12.2 Å². The van der Waals surface area contributed by atoms with E-state index >= 15 is 0 Å². The summed E-state index contributed by atoms with van der Waals surface area (Å²) in [6.45, 7) is 12.8. The number of ether oxygens (including phenoxy) is 1. The molecule has 2 aliphatic carbocycles. The van der Waals surface area contributed by atoms with Gasteiger partial charge in [-0.1, -0.05) is 26.8 Å². The summed E-state index contributed by atoms with van der Waals surface area (Å²) in [6, 6.07) is 0. The summed E-state index contributed by atoms with van der Waals surface area (Å²) in [4.78, 5) is 12.5. The maximum absolute atomic E-state index is 12.5. The van der Waals surface area contributed by atoms with Gasteiger partial charge in [0.1, 0.15) is 11.4 Å². The molecule has 130 valence electrons. The Morgan fingerprint density at radius 3 is 2.43 bits per heavy atom. The summed E-state index contributed by atoms with van der Waals surface area (Å²) < 4.78 is 6.52. The third kappa shape index (κ3) is 2.26. The van der Waals surface area contributed by atoms with E-state index in [2.05, 4.69) is 34.3 Å². The van der Waals surface area contributed by atoms with Crippen molar-refractivity contribution in [3.8, 4) is 0 Å². The van der Waals surface area contributed by atoms with E-state index in [4.69, 9.17) is 4.74 Å². The van der Waals surface area contributed by atoms with Crippen molar-refractivity contribution in [3.05, 3.63) is 12.7 Å². The van der Waals surface area contributed by atoms with Crippen LogP contribution in [-0.4, -0.2) is 28.7 Å². The SMILES string of the molecule is C=C[C@@]1(CO)CC[C@H]2[C@]3(C)CCC(=O)C(C)(C)[C@H]3CC[C@]2(C)O1. The van der Waals surface area contributed by atoms with Gasteiger partial charge in [-0.3, -0.25) is 4.79 Å². The van der Waals surface area contributed by atoms with Gasteiger partial charge in [0.15, 0.2) is 0 Å². The summed E-state index contributed by atoms with van der Waals surface area (Å²) in [5.74, 6) is 1.31. The van der Waals surface area contributed by atoms with Crippen molar-refractivity contribution < 1.29 is 14.6 Å². The number of Topliss-reactive ketones (excluding diaryl/α,β-unsaturated/α-hetero) is 1. The minimum Gasteiger partial charge on any atom is -0.393 e. The maximum atomic E-state index is 12.5. The summed E-state index contributed by atoms with van der Waals surface area (Å²) in [7, 11) is 0. The molecule has 3 nitrogen and oxygen atoms in total. The molecule has 3 fully saturated rings. The van der Waals surface area contributed by atoms with Crippen LogP contribution in [0, 0.1) is 22.7 Å². The van der Waals surface area contributed by atoms with Gasteiger partial charge in [-0.2, -0.15) is 0 Å². The molecule has 3 rings (SSSR count). The van der Waals surface area contributed by atoms with Crippen LogP contribution in [0.15, 0.2) is 12.7 Å². The molecular weight excluding hydrogens is 288 g/mol. The Morgan fingerprint density at radius 1 is 1.17 bits per heavy atom. The Bertz CT molecular complexity index is 525. The molecule has 1 N–H and O–H groups in total. The highest BCUT2D eigenvalue weighted by atomic mass is 16.5. The van der Waals surface area contributed by atoms with Crippen molar-refractivity contribution in [3.63, 3.8) is 0 Å². The Morgan fingerprint density at radius 2 is 1.83 bits per heavy atom. The van der Waals surface area contributed by atoms with Crippen molar-refractivity contribution in [2.24, 2.45) is 22.7 Å². The normalized spacial score (nSPS) is 49.2. The van der Waals surface area contributed by atoms with Crippen LogP contribution >= 0.6 is 0 Å². The molecule has 3 heteroatoms. The van der Waals surface area contributed by atoms with Crippen molar-refractivity contribution in [2.45, 2.75) is 77.4 Å². The van der Waals surface area contributed by atoms with Gasteiger partial charge in [-0.05, 0) is 56.3 Å². The molecule has 5 atom stereocenters. The lowest BCUT2D eigenvalue weighted by molar-refractivity contribution is -0.260. The lowest BCUT2D eigenvalue weighted by atomic mass is 9.44. The monoisotopic (exact) mass is 320 g/mol. The standard InChI is InChI=1S/C20H32O3/c1-6-20(13-21)12-8-15-18(4)10-9-16(22)17(2,3)14(18)7-11-19(15,5)23-20/h6,14-15,21H,1,7-13H2,2-5H3/t14-,15+,18-,19+,20+/m1/s1. The van der Waals surface area contributed by atoms with Crippen LogP contribution in [0.3, 0.4) is 0 Å². The number of ketones is 1. The zero-order chi connectivity index (χ0) is 17.1. The van der Waals surface area contributed by atoms with E-state index < -0.39 is 5.60 Å². The van der Waals surface area contributed by atoms with Crippen LogP contribution < -0.4 is 0 Å². The molecule has 2 saturated carbocycles. The molecule has 23 heavy (non-hydrogen) atoms. The van der Waals surface area contributed by atoms with E-state index in [0.717, 1.165) is 32.1 Å². The molecule has 0 amide bonds. The predicted octanol–water partition coefficient (Wildman–Crippen LogP) is 3.89. The topological polar surface area (TPSA) is 46.5 Å². The van der Waals surface area contributed by atoms with E-state index in [1.54, 1.807) is 6.08 Å². The highest BCUT2D eigenvalue weighted by Crippen LogP contribution is 2.64. The van der Waals surface area contributed by atoms with Crippen molar-refractivity contribution >= 4 is 5.78 Å². The molecule has 0 bridgehead atoms. The van der Waals surface area contributed by atoms with E-state index in [1.165, 1.54) is 0 Å². The highest BCUT2D eigenvalue weighted by molar-refractivity contribution is 5.85. The number of rotatable bonds is 2. The molecule has 0 aromatic carbocycles. The first-order valence-corrected chi connectivity index (χ1v) is 9.11. The summed E-state index contributed by atoms with van der Waals surface area (Å²) in [5.41, 5.74) is -0.892. The Hall–Kier alpha value is -0.670. The lowest BCUT2D eigenvalue weighted by Crippen LogP contribution is -2.64.